The molecule has 0 N–H and O–H groups in total. The van der Waals surface area contributed by atoms with Gasteiger partial charge in [0.15, 0.2) is 0 Å². The van der Waals surface area contributed by atoms with Gasteiger partial charge in [0, 0.05) is 17.0 Å². The molecule has 158 valence electrons. The number of para-hydroxylation sites is 1. The molecular weight excluding hydrogens is 430 g/mol. The molecule has 5 nitrogen and oxygen atoms in total. The largest absolute Gasteiger partial charge is 0.294 e. The average Bonchev–Trinajstić information content (AvgIpc) is 3.18. The van der Waals surface area contributed by atoms with Crippen molar-refractivity contribution < 1.29 is 8.42 Å². The number of nitrogens with zero attached hydrogens (tertiary/aromatic N) is 3. The van der Waals surface area contributed by atoms with Gasteiger partial charge in [0.05, 0.1) is 32.0 Å². The summed E-state index contributed by atoms with van der Waals surface area (Å²) in [6, 6.07) is 25.2. The maximum absolute atomic E-state index is 13.7. The summed E-state index contributed by atoms with van der Waals surface area (Å²) in [7, 11) is -3.70. The van der Waals surface area contributed by atoms with Crippen LogP contribution in [0.1, 0.15) is 5.82 Å². The lowest BCUT2D eigenvalue weighted by Crippen LogP contribution is -2.15. The minimum atomic E-state index is -3.70. The first-order valence-corrected chi connectivity index (χ1v) is 12.2. The second-order valence-electron chi connectivity index (χ2n) is 8.35. The minimum Gasteiger partial charge on any atom is -0.294 e. The maximum atomic E-state index is 13.7. The van der Waals surface area contributed by atoms with Crippen molar-refractivity contribution in [3.63, 3.8) is 0 Å². The van der Waals surface area contributed by atoms with Crippen molar-refractivity contribution in [3.8, 4) is 16.8 Å². The Kier molecular flexibility index (Phi) is 3.52. The topological polar surface area (TPSA) is 64.8 Å². The highest BCUT2D eigenvalue weighted by atomic mass is 32.2. The van der Waals surface area contributed by atoms with Gasteiger partial charge in [-0.2, -0.15) is 0 Å². The van der Waals surface area contributed by atoms with E-state index in [4.69, 9.17) is 0 Å². The lowest BCUT2D eigenvalue weighted by Gasteiger charge is -2.21. The number of imidazole rings is 1. The third kappa shape index (κ3) is 2.38. The molecule has 0 amide bonds. The fourth-order valence-electron chi connectivity index (χ4n) is 5.07. The van der Waals surface area contributed by atoms with E-state index in [1.165, 1.54) is 0 Å². The number of pyridine rings is 1. The summed E-state index contributed by atoms with van der Waals surface area (Å²) >= 11 is 0. The summed E-state index contributed by atoms with van der Waals surface area (Å²) in [5, 5.41) is 3.13. The van der Waals surface area contributed by atoms with Gasteiger partial charge >= 0.3 is 0 Å². The highest BCUT2D eigenvalue weighted by molar-refractivity contribution is 7.92. The number of aryl methyl sites for hydroxylation is 1. The molecule has 0 bridgehead atoms. The Bertz CT molecular complexity index is 1900. The van der Waals surface area contributed by atoms with E-state index in [2.05, 4.69) is 28.2 Å². The number of hydrogen-bond acceptors (Lipinski definition) is 4. The van der Waals surface area contributed by atoms with Crippen LogP contribution in [0.5, 0.6) is 0 Å². The van der Waals surface area contributed by atoms with E-state index in [9.17, 15) is 8.42 Å². The summed E-state index contributed by atoms with van der Waals surface area (Å²) in [6.45, 7) is 1.90. The Balaban J connectivity index is 1.57. The molecule has 0 fully saturated rings. The molecule has 6 aromatic rings. The van der Waals surface area contributed by atoms with Crippen LogP contribution < -0.4 is 0 Å². The molecule has 2 aromatic heterocycles. The van der Waals surface area contributed by atoms with Gasteiger partial charge in [-0.1, -0.05) is 42.5 Å². The number of hydrogen-bond donors (Lipinski definition) is 0. The van der Waals surface area contributed by atoms with Crippen LogP contribution in [0.4, 0.5) is 0 Å². The molecule has 0 radical (unpaired) electrons. The van der Waals surface area contributed by atoms with Gasteiger partial charge < -0.3 is 0 Å². The molecule has 0 saturated heterocycles. The molecule has 0 atom stereocenters. The van der Waals surface area contributed by atoms with Gasteiger partial charge in [-0.25, -0.2) is 13.4 Å². The van der Waals surface area contributed by atoms with Crippen LogP contribution in [0.25, 0.3) is 49.5 Å². The Hall–Kier alpha value is -4.03. The molecule has 33 heavy (non-hydrogen) atoms. The first-order valence-electron chi connectivity index (χ1n) is 10.7. The molecule has 0 saturated carbocycles. The number of fused-ring (bicyclic) bond motifs is 5. The fourth-order valence-corrected chi connectivity index (χ4v) is 6.73. The standard InChI is InChI=1S/C27H17N3O2S/c1-16-29-22-9-4-10-24-27(22)30(16)23-12-11-18(15-25(23)33(24,31)32)21-14-17-6-2-3-7-19(17)26-20(21)8-5-13-28-26/h2-15H,1H3. The van der Waals surface area contributed by atoms with Crippen LogP contribution in [0.2, 0.25) is 0 Å². The Morgan fingerprint density at radius 2 is 1.67 bits per heavy atom. The van der Waals surface area contributed by atoms with Crippen LogP contribution in [0.15, 0.2) is 94.9 Å². The molecule has 0 unspecified atom stereocenters. The van der Waals surface area contributed by atoms with E-state index < -0.39 is 9.84 Å². The van der Waals surface area contributed by atoms with Crippen molar-refractivity contribution in [2.75, 3.05) is 0 Å². The third-order valence-electron chi connectivity index (χ3n) is 6.51. The number of sulfone groups is 1. The molecular formula is C27H17N3O2S. The fraction of sp³-hybridized carbons (Fsp3) is 0.0370. The maximum Gasteiger partial charge on any atom is 0.210 e. The SMILES string of the molecule is Cc1nc2cccc3c2n1-c1ccc(-c2cc4ccccc4c4ncccc24)cc1S3(=O)=O. The van der Waals surface area contributed by atoms with Crippen LogP contribution in [-0.4, -0.2) is 23.0 Å². The normalized spacial score (nSPS) is 14.1. The van der Waals surface area contributed by atoms with Gasteiger partial charge in [0.2, 0.25) is 9.84 Å². The van der Waals surface area contributed by atoms with Crippen molar-refractivity contribution in [2.24, 2.45) is 0 Å². The van der Waals surface area contributed by atoms with Gasteiger partial charge in [-0.3, -0.25) is 9.55 Å². The van der Waals surface area contributed by atoms with Crippen LogP contribution in [0, 0.1) is 6.92 Å². The van der Waals surface area contributed by atoms with E-state index in [-0.39, 0.29) is 0 Å². The highest BCUT2D eigenvalue weighted by Gasteiger charge is 2.33. The molecule has 1 aliphatic heterocycles. The highest BCUT2D eigenvalue weighted by Crippen LogP contribution is 2.42. The van der Waals surface area contributed by atoms with Crippen LogP contribution in [-0.2, 0) is 9.84 Å². The zero-order valence-corrected chi connectivity index (χ0v) is 18.5. The van der Waals surface area contributed by atoms with Crippen molar-refractivity contribution in [3.05, 3.63) is 90.9 Å². The van der Waals surface area contributed by atoms with Crippen LogP contribution >= 0.6 is 0 Å². The van der Waals surface area contributed by atoms with Gasteiger partial charge in [0.25, 0.3) is 0 Å². The summed E-state index contributed by atoms with van der Waals surface area (Å²) in [5.74, 6) is 0.765. The van der Waals surface area contributed by atoms with E-state index in [0.29, 0.717) is 26.5 Å². The smallest absolute Gasteiger partial charge is 0.210 e. The quantitative estimate of drug-likeness (QED) is 0.296. The van der Waals surface area contributed by atoms with Gasteiger partial charge in [-0.05, 0) is 59.8 Å². The molecule has 4 aromatic carbocycles. The first kappa shape index (κ1) is 18.5. The Morgan fingerprint density at radius 1 is 0.818 bits per heavy atom. The summed E-state index contributed by atoms with van der Waals surface area (Å²) in [5.41, 5.74) is 4.69. The number of rotatable bonds is 1. The van der Waals surface area contributed by atoms with E-state index >= 15 is 0 Å². The van der Waals surface area contributed by atoms with Crippen LogP contribution in [0.3, 0.4) is 0 Å². The second kappa shape index (κ2) is 6.27. The molecule has 1 aliphatic rings. The van der Waals surface area contributed by atoms with Crippen molar-refractivity contribution in [2.45, 2.75) is 16.7 Å². The predicted octanol–water partition coefficient (Wildman–Crippen LogP) is 5.85. The predicted molar refractivity (Wildman–Crippen MR) is 130 cm³/mol. The Labute approximate surface area is 189 Å². The molecule has 0 aliphatic carbocycles. The molecule has 6 heteroatoms. The minimum absolute atomic E-state index is 0.297. The van der Waals surface area contributed by atoms with Crippen molar-refractivity contribution in [1.29, 1.82) is 0 Å². The van der Waals surface area contributed by atoms with E-state index in [1.54, 1.807) is 24.4 Å². The Morgan fingerprint density at radius 3 is 2.58 bits per heavy atom. The zero-order chi connectivity index (χ0) is 22.3. The van der Waals surface area contributed by atoms with E-state index in [0.717, 1.165) is 38.6 Å². The summed E-state index contributed by atoms with van der Waals surface area (Å²) < 4.78 is 29.3. The van der Waals surface area contributed by atoms with Gasteiger partial charge in [-0.15, -0.1) is 0 Å². The van der Waals surface area contributed by atoms with Crippen molar-refractivity contribution in [1.82, 2.24) is 14.5 Å². The summed E-state index contributed by atoms with van der Waals surface area (Å²) in [4.78, 5) is 9.84. The van der Waals surface area contributed by atoms with E-state index in [1.807, 2.05) is 54.0 Å². The number of aromatic nitrogens is 3. The number of benzene rings is 4. The first-order chi connectivity index (χ1) is 16.0. The average molecular weight is 448 g/mol. The third-order valence-corrected chi connectivity index (χ3v) is 8.33. The van der Waals surface area contributed by atoms with Gasteiger partial charge in [0.1, 0.15) is 5.82 Å². The molecule has 3 heterocycles. The lowest BCUT2D eigenvalue weighted by atomic mass is 9.95. The lowest BCUT2D eigenvalue weighted by molar-refractivity contribution is 0.594. The molecule has 7 rings (SSSR count). The van der Waals surface area contributed by atoms with Crippen molar-refractivity contribution >= 4 is 42.5 Å². The zero-order valence-electron chi connectivity index (χ0n) is 17.6. The molecule has 0 spiro atoms. The second-order valence-corrected chi connectivity index (χ2v) is 10.2. The summed E-state index contributed by atoms with van der Waals surface area (Å²) in [6.07, 6.45) is 1.79. The monoisotopic (exact) mass is 447 g/mol.